The highest BCUT2D eigenvalue weighted by Gasteiger charge is 2.29. The molecule has 0 aliphatic carbocycles. The van der Waals surface area contributed by atoms with E-state index in [2.05, 4.69) is 10.2 Å². The molecule has 0 bridgehead atoms. The Kier molecular flexibility index (Phi) is 5.04. The quantitative estimate of drug-likeness (QED) is 0.853. The van der Waals surface area contributed by atoms with E-state index in [-0.39, 0.29) is 17.7 Å². The largest absolute Gasteiger partial charge is 0.335 e. The molecule has 1 unspecified atom stereocenters. The minimum absolute atomic E-state index is 0.00389. The van der Waals surface area contributed by atoms with Gasteiger partial charge in [-0.2, -0.15) is 10.2 Å². The second kappa shape index (κ2) is 6.78. The van der Waals surface area contributed by atoms with Crippen molar-refractivity contribution in [1.29, 1.82) is 0 Å². The lowest BCUT2D eigenvalue weighted by Crippen LogP contribution is -2.45. The van der Waals surface area contributed by atoms with Crippen LogP contribution in [0.25, 0.3) is 0 Å². The molecule has 0 N–H and O–H groups in total. The van der Waals surface area contributed by atoms with Crippen LogP contribution >= 0.6 is 0 Å². The summed E-state index contributed by atoms with van der Waals surface area (Å²) in [5.74, 6) is 0.134. The Balaban J connectivity index is 2.28. The Hall–Kier alpha value is -1.78. The second-order valence-electron chi connectivity index (χ2n) is 5.75. The Morgan fingerprint density at radius 2 is 2.10 bits per heavy atom. The van der Waals surface area contributed by atoms with Crippen LogP contribution in [0.3, 0.4) is 0 Å². The first-order valence-corrected chi connectivity index (χ1v) is 7.66. The van der Waals surface area contributed by atoms with Gasteiger partial charge >= 0.3 is 0 Å². The summed E-state index contributed by atoms with van der Waals surface area (Å²) in [7, 11) is 0. The summed E-state index contributed by atoms with van der Waals surface area (Å²) in [6.07, 6.45) is 4.11. The van der Waals surface area contributed by atoms with Crippen LogP contribution in [0.1, 0.15) is 61.3 Å². The van der Waals surface area contributed by atoms with E-state index in [0.29, 0.717) is 18.4 Å². The molecule has 1 atom stereocenters. The number of amides is 1. The number of piperidine rings is 1. The van der Waals surface area contributed by atoms with E-state index < -0.39 is 0 Å². The van der Waals surface area contributed by atoms with Gasteiger partial charge in [0.05, 0.1) is 17.0 Å². The molecule has 0 aromatic carbocycles. The monoisotopic (exact) mass is 289 g/mol. The number of Topliss-reactive ketones (excluding diaryl/α,β-unsaturated/α-hetero) is 1. The highest BCUT2D eigenvalue weighted by molar-refractivity contribution is 5.96. The predicted octanol–water partition coefficient (Wildman–Crippen LogP) is 2.32. The number of aryl methyl sites for hydroxylation is 2. The zero-order chi connectivity index (χ0) is 15.4. The fourth-order valence-electron chi connectivity index (χ4n) is 2.93. The van der Waals surface area contributed by atoms with E-state index in [4.69, 9.17) is 0 Å². The molecule has 0 radical (unpaired) electrons. The van der Waals surface area contributed by atoms with Crippen molar-refractivity contribution in [2.24, 2.45) is 0 Å². The Labute approximate surface area is 125 Å². The first kappa shape index (κ1) is 15.6. The maximum absolute atomic E-state index is 12.9. The molecular weight excluding hydrogens is 266 g/mol. The van der Waals surface area contributed by atoms with Crippen molar-refractivity contribution < 1.29 is 9.59 Å². The fraction of sp³-hybridized carbons (Fsp3) is 0.625. The van der Waals surface area contributed by atoms with Crippen LogP contribution in [0.4, 0.5) is 0 Å². The number of hydrogen-bond acceptors (Lipinski definition) is 4. The van der Waals surface area contributed by atoms with Gasteiger partial charge in [-0.25, -0.2) is 0 Å². The number of likely N-dealkylation sites (tertiary alicyclic amines) is 1. The van der Waals surface area contributed by atoms with E-state index in [1.807, 2.05) is 24.8 Å². The molecule has 2 heterocycles. The second-order valence-corrected chi connectivity index (χ2v) is 5.75. The van der Waals surface area contributed by atoms with Crippen LogP contribution in [0, 0.1) is 6.92 Å². The van der Waals surface area contributed by atoms with Gasteiger partial charge in [-0.1, -0.05) is 6.92 Å². The molecule has 1 aliphatic heterocycles. The first-order chi connectivity index (χ1) is 10.0. The average Bonchev–Trinajstić information content (AvgIpc) is 2.46. The van der Waals surface area contributed by atoms with Gasteiger partial charge in [-0.3, -0.25) is 9.59 Å². The fourth-order valence-corrected chi connectivity index (χ4v) is 2.93. The lowest BCUT2D eigenvalue weighted by Gasteiger charge is -2.35. The van der Waals surface area contributed by atoms with Gasteiger partial charge in [0.15, 0.2) is 0 Å². The number of rotatable bonds is 4. The van der Waals surface area contributed by atoms with Crippen LogP contribution in [0.15, 0.2) is 6.07 Å². The highest BCUT2D eigenvalue weighted by Crippen LogP contribution is 2.23. The molecule has 5 nitrogen and oxygen atoms in total. The topological polar surface area (TPSA) is 63.2 Å². The number of ketones is 1. The van der Waals surface area contributed by atoms with Crippen LogP contribution in [0.5, 0.6) is 0 Å². The zero-order valence-corrected chi connectivity index (χ0v) is 13.1. The summed E-state index contributed by atoms with van der Waals surface area (Å²) in [5.41, 5.74) is 2.12. The Morgan fingerprint density at radius 1 is 1.33 bits per heavy atom. The van der Waals surface area contributed by atoms with Gasteiger partial charge in [0.1, 0.15) is 5.78 Å². The first-order valence-electron chi connectivity index (χ1n) is 7.66. The van der Waals surface area contributed by atoms with Gasteiger partial charge in [0.25, 0.3) is 5.91 Å². The molecule has 21 heavy (non-hydrogen) atoms. The zero-order valence-electron chi connectivity index (χ0n) is 13.1. The molecule has 114 valence electrons. The van der Waals surface area contributed by atoms with Gasteiger partial charge in [0.2, 0.25) is 0 Å². The average molecular weight is 289 g/mol. The van der Waals surface area contributed by atoms with E-state index in [1.54, 1.807) is 6.92 Å². The van der Waals surface area contributed by atoms with Gasteiger partial charge in [-0.15, -0.1) is 0 Å². The minimum atomic E-state index is -0.00389. The third kappa shape index (κ3) is 3.65. The third-order valence-electron chi connectivity index (χ3n) is 3.97. The van der Waals surface area contributed by atoms with Crippen LogP contribution in [-0.2, 0) is 11.2 Å². The SMILES string of the molecule is CCc1nnc(C)cc1C(=O)N1CCCCC1CC(C)=O. The summed E-state index contributed by atoms with van der Waals surface area (Å²) in [6.45, 7) is 6.13. The normalized spacial score (nSPS) is 18.6. The van der Waals surface area contributed by atoms with E-state index in [0.717, 1.165) is 37.2 Å². The lowest BCUT2D eigenvalue weighted by atomic mass is 9.96. The van der Waals surface area contributed by atoms with E-state index >= 15 is 0 Å². The number of carbonyl (C=O) groups is 2. The smallest absolute Gasteiger partial charge is 0.256 e. The van der Waals surface area contributed by atoms with Crippen molar-refractivity contribution in [3.63, 3.8) is 0 Å². The molecular formula is C16H23N3O2. The molecule has 5 heteroatoms. The molecule has 0 spiro atoms. The van der Waals surface area contributed by atoms with Crippen molar-refractivity contribution in [2.45, 2.75) is 58.9 Å². The maximum atomic E-state index is 12.9. The van der Waals surface area contributed by atoms with Crippen LogP contribution in [-0.4, -0.2) is 39.4 Å². The van der Waals surface area contributed by atoms with Crippen molar-refractivity contribution in [2.75, 3.05) is 6.54 Å². The number of aromatic nitrogens is 2. The molecule has 1 aliphatic rings. The molecule has 1 amide bonds. The van der Waals surface area contributed by atoms with E-state index in [1.165, 1.54) is 0 Å². The summed E-state index contributed by atoms with van der Waals surface area (Å²) in [5, 5.41) is 8.16. The Morgan fingerprint density at radius 3 is 2.76 bits per heavy atom. The molecule has 1 aromatic heterocycles. The summed E-state index contributed by atoms with van der Waals surface area (Å²) < 4.78 is 0. The van der Waals surface area contributed by atoms with Crippen LogP contribution < -0.4 is 0 Å². The molecule has 1 fully saturated rings. The van der Waals surface area contributed by atoms with Crippen molar-refractivity contribution in [3.05, 3.63) is 23.0 Å². The molecule has 1 aromatic rings. The molecule has 0 saturated carbocycles. The lowest BCUT2D eigenvalue weighted by molar-refractivity contribution is -0.118. The van der Waals surface area contributed by atoms with Crippen molar-refractivity contribution in [3.8, 4) is 0 Å². The highest BCUT2D eigenvalue weighted by atomic mass is 16.2. The molecule has 1 saturated heterocycles. The number of nitrogens with zero attached hydrogens (tertiary/aromatic N) is 3. The summed E-state index contributed by atoms with van der Waals surface area (Å²) in [6, 6.07) is 1.84. The summed E-state index contributed by atoms with van der Waals surface area (Å²) in [4.78, 5) is 26.2. The van der Waals surface area contributed by atoms with Crippen molar-refractivity contribution >= 4 is 11.7 Å². The molecule has 2 rings (SSSR count). The van der Waals surface area contributed by atoms with Gasteiger partial charge in [-0.05, 0) is 45.6 Å². The minimum Gasteiger partial charge on any atom is -0.335 e. The number of carbonyl (C=O) groups excluding carboxylic acids is 2. The van der Waals surface area contributed by atoms with E-state index in [9.17, 15) is 9.59 Å². The van der Waals surface area contributed by atoms with Crippen molar-refractivity contribution in [1.82, 2.24) is 15.1 Å². The van der Waals surface area contributed by atoms with Gasteiger partial charge < -0.3 is 4.90 Å². The standard InChI is InChI=1S/C16H23N3O2/c1-4-15-14(9-11(2)17-18-15)16(21)19-8-6-5-7-13(19)10-12(3)20/h9,13H,4-8,10H2,1-3H3. The summed E-state index contributed by atoms with van der Waals surface area (Å²) >= 11 is 0. The maximum Gasteiger partial charge on any atom is 0.256 e. The predicted molar refractivity (Wildman–Crippen MR) is 80.1 cm³/mol. The van der Waals surface area contributed by atoms with Gasteiger partial charge in [0, 0.05) is 19.0 Å². The number of hydrogen-bond donors (Lipinski definition) is 0. The third-order valence-corrected chi connectivity index (χ3v) is 3.97. The van der Waals surface area contributed by atoms with Crippen LogP contribution in [0.2, 0.25) is 0 Å². The Bertz CT molecular complexity index is 542.